The van der Waals surface area contributed by atoms with Crippen LogP contribution in [0.25, 0.3) is 0 Å². The van der Waals surface area contributed by atoms with E-state index in [1.54, 1.807) is 12.3 Å². The molecule has 1 heterocycles. The lowest BCUT2D eigenvalue weighted by molar-refractivity contribution is 1.23. The number of nitrogens with zero attached hydrogens (tertiary/aromatic N) is 2. The highest BCUT2D eigenvalue weighted by molar-refractivity contribution is 7.79. The van der Waals surface area contributed by atoms with Crippen molar-refractivity contribution in [3.8, 4) is 6.07 Å². The number of aromatic nitrogens is 1. The monoisotopic (exact) mass is 149 g/mol. The van der Waals surface area contributed by atoms with E-state index in [4.69, 9.17) is 17.9 Å². The maximum atomic E-state index is 8.41. The average molecular weight is 149 g/mol. The first-order valence-electron chi connectivity index (χ1n) is 2.80. The van der Waals surface area contributed by atoms with Crippen LogP contribution in [0.2, 0.25) is 0 Å². The lowest BCUT2D eigenvalue weighted by Crippen LogP contribution is -1.83. The molecule has 0 saturated heterocycles. The molecule has 0 saturated carbocycles. The predicted octanol–water partition coefficient (Wildman–Crippen LogP) is 1.65. The SMILES string of the molecule is N#Cc1cc(C[S])ccn1. The molecule has 10 heavy (non-hydrogen) atoms. The van der Waals surface area contributed by atoms with Crippen LogP contribution in [0.15, 0.2) is 18.3 Å². The van der Waals surface area contributed by atoms with E-state index in [9.17, 15) is 0 Å². The van der Waals surface area contributed by atoms with Gasteiger partial charge in [-0.05, 0) is 17.7 Å². The molecular weight excluding hydrogens is 144 g/mol. The van der Waals surface area contributed by atoms with Crippen molar-refractivity contribution in [3.63, 3.8) is 0 Å². The quantitative estimate of drug-likeness (QED) is 0.608. The van der Waals surface area contributed by atoms with E-state index in [2.05, 4.69) is 4.98 Å². The largest absolute Gasteiger partial charge is 0.246 e. The first-order chi connectivity index (χ1) is 4.86. The summed E-state index contributed by atoms with van der Waals surface area (Å²) in [6.45, 7) is 0. The topological polar surface area (TPSA) is 36.7 Å². The summed E-state index contributed by atoms with van der Waals surface area (Å²) in [6, 6.07) is 5.46. The van der Waals surface area contributed by atoms with Gasteiger partial charge in [-0.3, -0.25) is 0 Å². The lowest BCUT2D eigenvalue weighted by atomic mass is 10.2. The molecule has 49 valence electrons. The fourth-order valence-corrected chi connectivity index (χ4v) is 0.805. The predicted molar refractivity (Wildman–Crippen MR) is 40.2 cm³/mol. The van der Waals surface area contributed by atoms with E-state index in [-0.39, 0.29) is 0 Å². The van der Waals surface area contributed by atoms with Crippen LogP contribution in [0.5, 0.6) is 0 Å². The third-order valence-corrected chi connectivity index (χ3v) is 1.44. The van der Waals surface area contributed by atoms with Gasteiger partial charge < -0.3 is 0 Å². The van der Waals surface area contributed by atoms with Gasteiger partial charge in [-0.25, -0.2) is 4.98 Å². The Kier molecular flexibility index (Phi) is 2.30. The van der Waals surface area contributed by atoms with Crippen LogP contribution in [-0.2, 0) is 5.75 Å². The maximum Gasteiger partial charge on any atom is 0.140 e. The van der Waals surface area contributed by atoms with Crippen molar-refractivity contribution in [1.82, 2.24) is 4.98 Å². The first-order valence-corrected chi connectivity index (χ1v) is 3.37. The van der Waals surface area contributed by atoms with Crippen molar-refractivity contribution in [2.75, 3.05) is 0 Å². The van der Waals surface area contributed by atoms with Crippen LogP contribution in [0.3, 0.4) is 0 Å². The van der Waals surface area contributed by atoms with E-state index in [0.717, 1.165) is 5.56 Å². The molecule has 0 bridgehead atoms. The molecule has 1 radical (unpaired) electrons. The standard InChI is InChI=1S/C7H5N2S/c8-4-7-3-6(5-10)1-2-9-7/h1-3H,5H2. The molecule has 1 aromatic heterocycles. The molecule has 0 unspecified atom stereocenters. The van der Waals surface area contributed by atoms with Crippen molar-refractivity contribution in [2.45, 2.75) is 5.75 Å². The van der Waals surface area contributed by atoms with Crippen LogP contribution in [-0.4, -0.2) is 4.98 Å². The fourth-order valence-electron chi connectivity index (χ4n) is 0.625. The number of pyridine rings is 1. The van der Waals surface area contributed by atoms with Gasteiger partial charge in [-0.2, -0.15) is 5.26 Å². The second-order valence-corrected chi connectivity index (χ2v) is 2.09. The van der Waals surface area contributed by atoms with Gasteiger partial charge in [0, 0.05) is 11.9 Å². The molecule has 0 aliphatic heterocycles. The summed E-state index contributed by atoms with van der Waals surface area (Å²) in [5, 5.41) is 8.41. The molecule has 0 spiro atoms. The second-order valence-electron chi connectivity index (χ2n) is 1.81. The third kappa shape index (κ3) is 1.49. The van der Waals surface area contributed by atoms with Crippen molar-refractivity contribution < 1.29 is 0 Å². The number of hydrogen-bond donors (Lipinski definition) is 0. The Bertz CT molecular complexity index is 265. The molecule has 0 amide bonds. The lowest BCUT2D eigenvalue weighted by Gasteiger charge is -1.91. The van der Waals surface area contributed by atoms with Gasteiger partial charge in [0.1, 0.15) is 11.8 Å². The Hall–Kier alpha value is -1.01. The Balaban J connectivity index is 3.01. The maximum absolute atomic E-state index is 8.41. The van der Waals surface area contributed by atoms with Crippen molar-refractivity contribution in [3.05, 3.63) is 29.6 Å². The molecule has 0 atom stereocenters. The zero-order valence-electron chi connectivity index (χ0n) is 5.24. The Morgan fingerprint density at radius 1 is 1.70 bits per heavy atom. The molecule has 0 N–H and O–H groups in total. The molecule has 0 aliphatic rings. The number of hydrogen-bond acceptors (Lipinski definition) is 2. The van der Waals surface area contributed by atoms with Crippen LogP contribution in [0.4, 0.5) is 0 Å². The van der Waals surface area contributed by atoms with Gasteiger partial charge in [0.25, 0.3) is 0 Å². The minimum absolute atomic E-state index is 0.433. The minimum atomic E-state index is 0.433. The normalized spacial score (nSPS) is 8.80. The number of rotatable bonds is 1. The fraction of sp³-hybridized carbons (Fsp3) is 0.143. The van der Waals surface area contributed by atoms with Gasteiger partial charge in [0.05, 0.1) is 0 Å². The van der Waals surface area contributed by atoms with E-state index < -0.39 is 0 Å². The summed E-state index contributed by atoms with van der Waals surface area (Å²) in [5.74, 6) is 0.539. The highest BCUT2D eigenvalue weighted by Gasteiger charge is 1.92. The van der Waals surface area contributed by atoms with E-state index in [0.29, 0.717) is 11.4 Å². The summed E-state index contributed by atoms with van der Waals surface area (Å²) in [5.41, 5.74) is 1.41. The van der Waals surface area contributed by atoms with E-state index in [1.807, 2.05) is 12.1 Å². The van der Waals surface area contributed by atoms with Gasteiger partial charge >= 0.3 is 0 Å². The van der Waals surface area contributed by atoms with Gasteiger partial charge in [-0.15, -0.1) is 0 Å². The molecule has 2 nitrogen and oxygen atoms in total. The van der Waals surface area contributed by atoms with Crippen molar-refractivity contribution in [2.24, 2.45) is 0 Å². The third-order valence-electron chi connectivity index (χ3n) is 1.11. The molecular formula is C7H5N2S. The summed E-state index contributed by atoms with van der Waals surface area (Å²) in [7, 11) is 0. The minimum Gasteiger partial charge on any atom is -0.246 e. The highest BCUT2D eigenvalue weighted by Crippen LogP contribution is 2.02. The molecule has 3 heteroatoms. The molecule has 0 aliphatic carbocycles. The second kappa shape index (κ2) is 3.23. The first kappa shape index (κ1) is 7.10. The molecule has 0 aromatic carbocycles. The zero-order chi connectivity index (χ0) is 7.40. The summed E-state index contributed by atoms with van der Waals surface area (Å²) < 4.78 is 0. The number of nitriles is 1. The summed E-state index contributed by atoms with van der Waals surface area (Å²) >= 11 is 4.79. The van der Waals surface area contributed by atoms with E-state index in [1.165, 1.54) is 0 Å². The molecule has 0 fully saturated rings. The Morgan fingerprint density at radius 2 is 2.50 bits per heavy atom. The van der Waals surface area contributed by atoms with Crippen LogP contribution < -0.4 is 0 Å². The van der Waals surface area contributed by atoms with Crippen molar-refractivity contribution >= 4 is 12.6 Å². The van der Waals surface area contributed by atoms with Crippen LogP contribution in [0.1, 0.15) is 11.3 Å². The van der Waals surface area contributed by atoms with Crippen LogP contribution in [0, 0.1) is 11.3 Å². The molecule has 1 rings (SSSR count). The smallest absolute Gasteiger partial charge is 0.140 e. The summed E-state index contributed by atoms with van der Waals surface area (Å²) in [6.07, 6.45) is 1.60. The highest BCUT2D eigenvalue weighted by atomic mass is 32.1. The Labute approximate surface area is 64.9 Å². The zero-order valence-corrected chi connectivity index (χ0v) is 6.06. The van der Waals surface area contributed by atoms with Gasteiger partial charge in [0.2, 0.25) is 0 Å². The van der Waals surface area contributed by atoms with Crippen LogP contribution >= 0.6 is 12.6 Å². The van der Waals surface area contributed by atoms with Gasteiger partial charge in [0.15, 0.2) is 0 Å². The average Bonchev–Trinajstić information content (AvgIpc) is 2.05. The van der Waals surface area contributed by atoms with Gasteiger partial charge in [-0.1, -0.05) is 12.6 Å². The Morgan fingerprint density at radius 3 is 3.10 bits per heavy atom. The summed E-state index contributed by atoms with van der Waals surface area (Å²) in [4.78, 5) is 3.80. The van der Waals surface area contributed by atoms with Crippen molar-refractivity contribution in [1.29, 1.82) is 5.26 Å². The van der Waals surface area contributed by atoms with E-state index >= 15 is 0 Å². The molecule has 1 aromatic rings.